The van der Waals surface area contributed by atoms with Crippen molar-refractivity contribution in [3.8, 4) is 10.4 Å². The van der Waals surface area contributed by atoms with Gasteiger partial charge in [0, 0.05) is 35.1 Å². The summed E-state index contributed by atoms with van der Waals surface area (Å²) in [4.78, 5) is 16.1. The summed E-state index contributed by atoms with van der Waals surface area (Å²) in [5.41, 5.74) is 3.45. The molecule has 142 valence electrons. The van der Waals surface area contributed by atoms with Crippen LogP contribution in [0.2, 0.25) is 0 Å². The van der Waals surface area contributed by atoms with Gasteiger partial charge in [0.15, 0.2) is 6.29 Å². The molecule has 3 aromatic rings. The fourth-order valence-electron chi connectivity index (χ4n) is 3.83. The third-order valence-electron chi connectivity index (χ3n) is 5.39. The van der Waals surface area contributed by atoms with Gasteiger partial charge in [0.05, 0.1) is 10.6 Å². The molecule has 4 rings (SSSR count). The summed E-state index contributed by atoms with van der Waals surface area (Å²) < 4.78 is 25.8. The van der Waals surface area contributed by atoms with Gasteiger partial charge in [-0.1, -0.05) is 6.07 Å². The van der Waals surface area contributed by atoms with Crippen LogP contribution in [-0.2, 0) is 10.0 Å². The monoisotopic (exact) mass is 402 g/mol. The van der Waals surface area contributed by atoms with Crippen LogP contribution >= 0.6 is 11.3 Å². The Bertz CT molecular complexity index is 1070. The lowest BCUT2D eigenvalue weighted by Crippen LogP contribution is -2.38. The number of carbonyl (C=O) groups is 1. The minimum absolute atomic E-state index is 0.164. The quantitative estimate of drug-likeness (QED) is 0.649. The predicted molar refractivity (Wildman–Crippen MR) is 110 cm³/mol. The van der Waals surface area contributed by atoms with Gasteiger partial charge in [0.25, 0.3) is 0 Å². The molecule has 0 unspecified atom stereocenters. The van der Waals surface area contributed by atoms with E-state index in [0.717, 1.165) is 40.0 Å². The maximum absolute atomic E-state index is 12.1. The van der Waals surface area contributed by atoms with Crippen molar-refractivity contribution in [2.24, 2.45) is 0 Å². The number of aromatic amines is 1. The Balaban J connectivity index is 1.61. The number of H-pyrrole nitrogens is 1. The smallest absolute Gasteiger partial charge is 0.213 e. The molecule has 0 spiro atoms. The number of nitrogens with zero attached hydrogens (tertiary/aromatic N) is 1. The van der Waals surface area contributed by atoms with Crippen molar-refractivity contribution in [1.29, 1.82) is 0 Å². The molecule has 1 N–H and O–H groups in total. The van der Waals surface area contributed by atoms with Crippen LogP contribution in [0.4, 0.5) is 0 Å². The van der Waals surface area contributed by atoms with Crippen molar-refractivity contribution < 1.29 is 13.2 Å². The number of aromatic nitrogens is 1. The topological polar surface area (TPSA) is 70.2 Å². The highest BCUT2D eigenvalue weighted by molar-refractivity contribution is 7.89. The number of thiophene rings is 1. The summed E-state index contributed by atoms with van der Waals surface area (Å²) in [6.45, 7) is 2.87. The molecule has 5 nitrogen and oxygen atoms in total. The van der Waals surface area contributed by atoms with Gasteiger partial charge in [0.1, 0.15) is 0 Å². The van der Waals surface area contributed by atoms with Crippen LogP contribution in [0.15, 0.2) is 36.5 Å². The van der Waals surface area contributed by atoms with E-state index >= 15 is 0 Å². The Kier molecular flexibility index (Phi) is 4.92. The zero-order chi connectivity index (χ0) is 19.0. The summed E-state index contributed by atoms with van der Waals surface area (Å²) in [5.74, 6) is 0.517. The van der Waals surface area contributed by atoms with Crippen LogP contribution < -0.4 is 0 Å². The molecule has 3 heterocycles. The molecule has 1 saturated heterocycles. The molecule has 1 fully saturated rings. The van der Waals surface area contributed by atoms with E-state index in [4.69, 9.17) is 0 Å². The Morgan fingerprint density at radius 3 is 2.67 bits per heavy atom. The van der Waals surface area contributed by atoms with Crippen LogP contribution in [0.1, 0.15) is 40.9 Å². The molecule has 0 radical (unpaired) electrons. The van der Waals surface area contributed by atoms with Crippen molar-refractivity contribution in [2.75, 3.05) is 18.8 Å². The number of rotatable bonds is 5. The molecule has 2 aromatic heterocycles. The maximum atomic E-state index is 12.1. The van der Waals surface area contributed by atoms with Gasteiger partial charge < -0.3 is 4.98 Å². The van der Waals surface area contributed by atoms with E-state index in [2.05, 4.69) is 29.4 Å². The largest absolute Gasteiger partial charge is 0.361 e. The minimum atomic E-state index is -3.10. The summed E-state index contributed by atoms with van der Waals surface area (Å²) in [6.07, 6.45) is 4.62. The van der Waals surface area contributed by atoms with E-state index < -0.39 is 10.0 Å². The van der Waals surface area contributed by atoms with Gasteiger partial charge >= 0.3 is 0 Å². The molecule has 0 saturated carbocycles. The second kappa shape index (κ2) is 7.22. The second-order valence-electron chi connectivity index (χ2n) is 6.90. The number of carbonyl (C=O) groups excluding carboxylic acids is 1. The maximum Gasteiger partial charge on any atom is 0.213 e. The van der Waals surface area contributed by atoms with E-state index in [1.807, 2.05) is 12.1 Å². The zero-order valence-corrected chi connectivity index (χ0v) is 16.8. The molecule has 0 bridgehead atoms. The minimum Gasteiger partial charge on any atom is -0.361 e. The molecule has 1 aliphatic rings. The van der Waals surface area contributed by atoms with Gasteiger partial charge in [-0.2, -0.15) is 0 Å². The highest BCUT2D eigenvalue weighted by Crippen LogP contribution is 2.36. The number of benzene rings is 1. The number of aldehydes is 1. The average Bonchev–Trinajstić information content (AvgIpc) is 3.34. The van der Waals surface area contributed by atoms with Gasteiger partial charge in [0.2, 0.25) is 10.0 Å². The van der Waals surface area contributed by atoms with Crippen LogP contribution in [-0.4, -0.2) is 42.8 Å². The van der Waals surface area contributed by atoms with E-state index in [1.165, 1.54) is 22.3 Å². The first kappa shape index (κ1) is 18.4. The highest BCUT2D eigenvalue weighted by Gasteiger charge is 2.28. The number of hydrogen-bond acceptors (Lipinski definition) is 4. The number of fused-ring (bicyclic) bond motifs is 1. The third-order valence-corrected chi connectivity index (χ3v) is 8.33. The van der Waals surface area contributed by atoms with Gasteiger partial charge in [-0.3, -0.25) is 4.79 Å². The Morgan fingerprint density at radius 1 is 1.22 bits per heavy atom. The summed E-state index contributed by atoms with van der Waals surface area (Å²) in [6, 6.07) is 10.1. The molecule has 27 heavy (non-hydrogen) atoms. The lowest BCUT2D eigenvalue weighted by molar-refractivity contribution is 0.112. The van der Waals surface area contributed by atoms with Crippen LogP contribution in [0.5, 0.6) is 0 Å². The van der Waals surface area contributed by atoms with Gasteiger partial charge in [-0.25, -0.2) is 12.7 Å². The third kappa shape index (κ3) is 3.47. The molecular weight excluding hydrogens is 380 g/mol. The molecule has 0 aliphatic carbocycles. The molecule has 0 amide bonds. The van der Waals surface area contributed by atoms with E-state index in [0.29, 0.717) is 19.0 Å². The Morgan fingerprint density at radius 2 is 2.00 bits per heavy atom. The number of sulfonamides is 1. The molecule has 1 aliphatic heterocycles. The van der Waals surface area contributed by atoms with Gasteiger partial charge in [-0.15, -0.1) is 11.3 Å². The predicted octanol–water partition coefficient (Wildman–Crippen LogP) is 4.24. The fraction of sp³-hybridized carbons (Fsp3) is 0.350. The molecule has 1 aromatic carbocycles. The average molecular weight is 403 g/mol. The first-order valence-corrected chi connectivity index (χ1v) is 11.6. The lowest BCUT2D eigenvalue weighted by atomic mass is 9.89. The zero-order valence-electron chi connectivity index (χ0n) is 15.1. The SMILES string of the molecule is CCS(=O)(=O)N1CCC(c2c[nH]c3ccc(-c4ccc(C=O)s4)cc23)CC1. The van der Waals surface area contributed by atoms with E-state index in [-0.39, 0.29) is 5.75 Å². The van der Waals surface area contributed by atoms with E-state index in [1.54, 1.807) is 11.2 Å². The number of nitrogens with one attached hydrogen (secondary N) is 1. The molecular formula is C20H22N2O3S2. The van der Waals surface area contributed by atoms with Crippen LogP contribution in [0.3, 0.4) is 0 Å². The summed E-state index contributed by atoms with van der Waals surface area (Å²) in [7, 11) is -3.10. The van der Waals surface area contributed by atoms with Crippen molar-refractivity contribution in [1.82, 2.24) is 9.29 Å². The summed E-state index contributed by atoms with van der Waals surface area (Å²) in [5, 5.41) is 1.19. The van der Waals surface area contributed by atoms with E-state index in [9.17, 15) is 13.2 Å². The van der Waals surface area contributed by atoms with Gasteiger partial charge in [-0.05, 0) is 61.1 Å². The number of hydrogen-bond donors (Lipinski definition) is 1. The normalized spacial score (nSPS) is 16.8. The highest BCUT2D eigenvalue weighted by atomic mass is 32.2. The van der Waals surface area contributed by atoms with Crippen LogP contribution in [0, 0.1) is 0 Å². The first-order valence-electron chi connectivity index (χ1n) is 9.16. The lowest BCUT2D eigenvalue weighted by Gasteiger charge is -2.30. The summed E-state index contributed by atoms with van der Waals surface area (Å²) >= 11 is 1.49. The number of piperidine rings is 1. The Labute approximate surface area is 163 Å². The molecule has 7 heteroatoms. The van der Waals surface area contributed by atoms with Crippen molar-refractivity contribution >= 4 is 38.5 Å². The van der Waals surface area contributed by atoms with Crippen molar-refractivity contribution in [3.05, 3.63) is 47.0 Å². The molecule has 0 atom stereocenters. The fourth-order valence-corrected chi connectivity index (χ4v) is 5.78. The standard InChI is InChI=1S/C20H22N2O3S2/c1-2-27(24,25)22-9-7-14(8-10-22)18-12-21-19-5-3-15(11-17(18)19)20-6-4-16(13-23)26-20/h3-6,11-14,21H,2,7-10H2,1H3. The van der Waals surface area contributed by atoms with Crippen molar-refractivity contribution in [3.63, 3.8) is 0 Å². The van der Waals surface area contributed by atoms with Crippen LogP contribution in [0.25, 0.3) is 21.3 Å². The first-order chi connectivity index (χ1) is 13.0. The Hall–Kier alpha value is -1.96. The van der Waals surface area contributed by atoms with Crippen molar-refractivity contribution in [2.45, 2.75) is 25.7 Å². The second-order valence-corrected chi connectivity index (χ2v) is 10.3.